The number of aryl methyl sites for hydroxylation is 1. The van der Waals surface area contributed by atoms with Crippen LogP contribution in [-0.2, 0) is 21.1 Å². The molecule has 1 aliphatic rings. The van der Waals surface area contributed by atoms with Gasteiger partial charge in [0, 0.05) is 25.4 Å². The number of nitrogens with one attached hydrogen (secondary N) is 2. The molecular formula is C14H20N2O5S. The molecule has 0 saturated carbocycles. The van der Waals surface area contributed by atoms with Crippen molar-refractivity contribution >= 4 is 21.7 Å². The van der Waals surface area contributed by atoms with E-state index in [0.29, 0.717) is 12.8 Å². The summed E-state index contributed by atoms with van der Waals surface area (Å²) in [5.41, 5.74) is 0. The molecule has 1 aliphatic heterocycles. The van der Waals surface area contributed by atoms with E-state index in [4.69, 9.17) is 4.42 Å². The lowest BCUT2D eigenvalue weighted by atomic mass is 10.2. The van der Waals surface area contributed by atoms with Gasteiger partial charge in [-0.2, -0.15) is 0 Å². The van der Waals surface area contributed by atoms with Gasteiger partial charge in [-0.15, -0.1) is 0 Å². The van der Waals surface area contributed by atoms with Crippen LogP contribution in [0.25, 0.3) is 0 Å². The summed E-state index contributed by atoms with van der Waals surface area (Å²) in [6.45, 7) is 2.10. The van der Waals surface area contributed by atoms with Crippen molar-refractivity contribution in [3.8, 4) is 0 Å². The second-order valence-corrected chi connectivity index (χ2v) is 7.52. The average molecular weight is 328 g/mol. The van der Waals surface area contributed by atoms with Gasteiger partial charge < -0.3 is 15.1 Å². The smallest absolute Gasteiger partial charge is 0.287 e. The standard InChI is InChI=1S/C14H20N2O5S/c1-2-11-3-4-12(21-11)14(18)15-7-5-13(17)16-10-6-8-22(19,20)9-10/h3-4,10H,2,5-9H2,1H3,(H,15,18)(H,16,17)/t10-/m1/s1. The van der Waals surface area contributed by atoms with Gasteiger partial charge in [0.05, 0.1) is 11.5 Å². The Kier molecular flexibility index (Phi) is 5.23. The molecule has 1 saturated heterocycles. The summed E-state index contributed by atoms with van der Waals surface area (Å²) in [6, 6.07) is 3.02. The van der Waals surface area contributed by atoms with Gasteiger partial charge >= 0.3 is 0 Å². The van der Waals surface area contributed by atoms with Crippen molar-refractivity contribution < 1.29 is 22.4 Å². The van der Waals surface area contributed by atoms with Crippen LogP contribution in [0, 0.1) is 0 Å². The molecule has 2 heterocycles. The van der Waals surface area contributed by atoms with E-state index in [0.717, 1.165) is 5.76 Å². The summed E-state index contributed by atoms with van der Waals surface area (Å²) < 4.78 is 27.9. The Balaban J connectivity index is 1.69. The lowest BCUT2D eigenvalue weighted by molar-refractivity contribution is -0.121. The van der Waals surface area contributed by atoms with Crippen molar-refractivity contribution in [3.05, 3.63) is 23.7 Å². The summed E-state index contributed by atoms with van der Waals surface area (Å²) in [5, 5.41) is 5.27. The first kappa shape index (κ1) is 16.5. The monoisotopic (exact) mass is 328 g/mol. The maximum atomic E-state index is 11.8. The second kappa shape index (κ2) is 6.95. The molecule has 1 aromatic rings. The molecular weight excluding hydrogens is 308 g/mol. The van der Waals surface area contributed by atoms with E-state index in [1.807, 2.05) is 6.92 Å². The van der Waals surface area contributed by atoms with E-state index < -0.39 is 9.84 Å². The topological polar surface area (TPSA) is 105 Å². The lowest BCUT2D eigenvalue weighted by Gasteiger charge is -2.10. The van der Waals surface area contributed by atoms with E-state index >= 15 is 0 Å². The molecule has 0 radical (unpaired) electrons. The van der Waals surface area contributed by atoms with Crippen LogP contribution in [-0.4, -0.2) is 44.3 Å². The number of sulfone groups is 1. The highest BCUT2D eigenvalue weighted by molar-refractivity contribution is 7.91. The molecule has 0 unspecified atom stereocenters. The molecule has 122 valence electrons. The number of hydrogen-bond acceptors (Lipinski definition) is 5. The molecule has 2 amide bonds. The summed E-state index contributed by atoms with van der Waals surface area (Å²) in [4.78, 5) is 23.5. The maximum Gasteiger partial charge on any atom is 0.287 e. The number of amides is 2. The zero-order valence-corrected chi connectivity index (χ0v) is 13.2. The van der Waals surface area contributed by atoms with Gasteiger partial charge in [0.1, 0.15) is 5.76 Å². The molecule has 0 spiro atoms. The fourth-order valence-corrected chi connectivity index (χ4v) is 3.95. The fraction of sp³-hybridized carbons (Fsp3) is 0.571. The number of hydrogen-bond donors (Lipinski definition) is 2. The minimum absolute atomic E-state index is 0.00269. The Hall–Kier alpha value is -1.83. The van der Waals surface area contributed by atoms with Crippen LogP contribution in [0.2, 0.25) is 0 Å². The highest BCUT2D eigenvalue weighted by Gasteiger charge is 2.28. The van der Waals surface area contributed by atoms with Gasteiger partial charge in [-0.05, 0) is 18.6 Å². The molecule has 22 heavy (non-hydrogen) atoms. The van der Waals surface area contributed by atoms with Gasteiger partial charge in [0.2, 0.25) is 5.91 Å². The van der Waals surface area contributed by atoms with Crippen LogP contribution in [0.4, 0.5) is 0 Å². The molecule has 1 atom stereocenters. The lowest BCUT2D eigenvalue weighted by Crippen LogP contribution is -2.37. The highest BCUT2D eigenvalue weighted by atomic mass is 32.2. The normalized spacial score (nSPS) is 19.8. The van der Waals surface area contributed by atoms with Crippen molar-refractivity contribution in [2.45, 2.75) is 32.2 Å². The molecule has 8 heteroatoms. The van der Waals surface area contributed by atoms with Crippen LogP contribution in [0.15, 0.2) is 16.5 Å². The van der Waals surface area contributed by atoms with Crippen molar-refractivity contribution in [2.75, 3.05) is 18.1 Å². The minimum Gasteiger partial charge on any atom is -0.456 e. The number of rotatable bonds is 6. The third-order valence-electron chi connectivity index (χ3n) is 3.47. The fourth-order valence-electron chi connectivity index (χ4n) is 2.28. The maximum absolute atomic E-state index is 11.8. The van der Waals surface area contributed by atoms with Crippen LogP contribution < -0.4 is 10.6 Å². The zero-order chi connectivity index (χ0) is 16.2. The summed E-state index contributed by atoms with van der Waals surface area (Å²) in [5.74, 6) is 0.432. The third kappa shape index (κ3) is 4.59. The summed E-state index contributed by atoms with van der Waals surface area (Å²) in [7, 11) is -3.01. The van der Waals surface area contributed by atoms with Gasteiger partial charge in [0.15, 0.2) is 15.6 Å². The number of furan rings is 1. The molecule has 2 rings (SSSR count). The third-order valence-corrected chi connectivity index (χ3v) is 5.24. The number of carbonyl (C=O) groups excluding carboxylic acids is 2. The molecule has 2 N–H and O–H groups in total. The number of carbonyl (C=O) groups is 2. The van der Waals surface area contributed by atoms with Crippen molar-refractivity contribution in [2.24, 2.45) is 0 Å². The van der Waals surface area contributed by atoms with E-state index in [1.54, 1.807) is 12.1 Å². The van der Waals surface area contributed by atoms with Crippen LogP contribution in [0.3, 0.4) is 0 Å². The van der Waals surface area contributed by atoms with E-state index in [1.165, 1.54) is 0 Å². The van der Waals surface area contributed by atoms with Crippen molar-refractivity contribution in [1.29, 1.82) is 0 Å². The van der Waals surface area contributed by atoms with E-state index in [2.05, 4.69) is 10.6 Å². The largest absolute Gasteiger partial charge is 0.456 e. The van der Waals surface area contributed by atoms with Gasteiger partial charge in [0.25, 0.3) is 5.91 Å². The zero-order valence-electron chi connectivity index (χ0n) is 12.4. The Morgan fingerprint density at radius 1 is 1.36 bits per heavy atom. The Morgan fingerprint density at radius 2 is 2.14 bits per heavy atom. The molecule has 7 nitrogen and oxygen atoms in total. The average Bonchev–Trinajstić information content (AvgIpc) is 3.05. The predicted octanol–water partition coefficient (Wildman–Crippen LogP) is 0.265. The first-order valence-electron chi connectivity index (χ1n) is 7.26. The van der Waals surface area contributed by atoms with Crippen LogP contribution in [0.1, 0.15) is 36.1 Å². The molecule has 1 aromatic heterocycles. The van der Waals surface area contributed by atoms with Gasteiger partial charge in [-0.25, -0.2) is 8.42 Å². The van der Waals surface area contributed by atoms with E-state index in [-0.39, 0.29) is 48.1 Å². The molecule has 0 aromatic carbocycles. The molecule has 0 bridgehead atoms. The van der Waals surface area contributed by atoms with Gasteiger partial charge in [-0.1, -0.05) is 6.92 Å². The Labute approximate surface area is 129 Å². The summed E-state index contributed by atoms with van der Waals surface area (Å²) in [6.07, 6.45) is 1.26. The quantitative estimate of drug-likeness (QED) is 0.779. The Bertz CT molecular complexity index is 650. The highest BCUT2D eigenvalue weighted by Crippen LogP contribution is 2.11. The predicted molar refractivity (Wildman–Crippen MR) is 80.2 cm³/mol. The molecule has 0 aliphatic carbocycles. The van der Waals surface area contributed by atoms with Crippen molar-refractivity contribution in [3.63, 3.8) is 0 Å². The summed E-state index contributed by atoms with van der Waals surface area (Å²) >= 11 is 0. The van der Waals surface area contributed by atoms with Crippen LogP contribution >= 0.6 is 0 Å². The Morgan fingerprint density at radius 3 is 2.73 bits per heavy atom. The van der Waals surface area contributed by atoms with E-state index in [9.17, 15) is 18.0 Å². The van der Waals surface area contributed by atoms with Crippen molar-refractivity contribution in [1.82, 2.24) is 10.6 Å². The minimum atomic E-state index is -3.01. The van der Waals surface area contributed by atoms with Gasteiger partial charge in [-0.3, -0.25) is 9.59 Å². The first-order valence-corrected chi connectivity index (χ1v) is 9.08. The first-order chi connectivity index (χ1) is 10.4. The second-order valence-electron chi connectivity index (χ2n) is 5.29. The SMILES string of the molecule is CCc1ccc(C(=O)NCCC(=O)N[C@@H]2CCS(=O)(=O)C2)o1. The van der Waals surface area contributed by atoms with Crippen LogP contribution in [0.5, 0.6) is 0 Å². The molecule has 1 fully saturated rings.